The van der Waals surface area contributed by atoms with Gasteiger partial charge in [0.25, 0.3) is 0 Å². The average Bonchev–Trinajstić information content (AvgIpc) is 2.22. The minimum absolute atomic E-state index is 0.186. The van der Waals surface area contributed by atoms with Crippen molar-refractivity contribution in [1.29, 1.82) is 0 Å². The van der Waals surface area contributed by atoms with Gasteiger partial charge >= 0.3 is 0 Å². The molecule has 0 radical (unpaired) electrons. The van der Waals surface area contributed by atoms with Crippen LogP contribution in [0, 0.1) is 0 Å². The molecule has 0 bridgehead atoms. The molecule has 0 amide bonds. The Labute approximate surface area is 93.2 Å². The normalized spacial score (nSPS) is 29.7. The van der Waals surface area contributed by atoms with E-state index in [-0.39, 0.29) is 6.10 Å². The van der Waals surface area contributed by atoms with E-state index >= 15 is 0 Å². The van der Waals surface area contributed by atoms with Gasteiger partial charge in [-0.2, -0.15) is 0 Å². The van der Waals surface area contributed by atoms with Crippen LogP contribution >= 0.6 is 0 Å². The lowest BCUT2D eigenvalue weighted by atomic mass is 10.0. The van der Waals surface area contributed by atoms with Crippen LogP contribution in [0.15, 0.2) is 13.2 Å². The minimum Gasteiger partial charge on any atom is -0.400 e. The molecule has 0 aromatic carbocycles. The van der Waals surface area contributed by atoms with E-state index in [1.54, 1.807) is 0 Å². The molecule has 1 aliphatic heterocycles. The molecule has 92 valence electrons. The molecule has 1 rings (SSSR count). The maximum absolute atomic E-state index is 9.25. The molecule has 0 unspecified atom stereocenters. The molecular weight excluding hydrogens is 194 g/mol. The Hall–Kier alpha value is -0.420. The molecule has 0 spiro atoms. The van der Waals surface area contributed by atoms with Crippen LogP contribution in [-0.2, 0) is 4.74 Å². The van der Waals surface area contributed by atoms with E-state index < -0.39 is 6.29 Å². The fourth-order valence-corrected chi connectivity index (χ4v) is 1.51. The fourth-order valence-electron chi connectivity index (χ4n) is 1.51. The summed E-state index contributed by atoms with van der Waals surface area (Å²) < 4.78 is 5.20. The predicted octanol–water partition coefficient (Wildman–Crippen LogP) is 0.845. The summed E-state index contributed by atoms with van der Waals surface area (Å²) in [5.74, 6) is 0. The van der Waals surface area contributed by atoms with E-state index in [2.05, 4.69) is 18.1 Å². The molecule has 0 aromatic heterocycles. The molecule has 0 aromatic rings. The molecular formula is C11H25NO3. The highest BCUT2D eigenvalue weighted by Crippen LogP contribution is 2.20. The van der Waals surface area contributed by atoms with Gasteiger partial charge in [-0.15, -0.1) is 13.2 Å². The molecule has 1 saturated heterocycles. The number of rotatable bonds is 1. The van der Waals surface area contributed by atoms with Crippen LogP contribution in [0.2, 0.25) is 0 Å². The van der Waals surface area contributed by atoms with E-state index in [0.29, 0.717) is 6.04 Å². The van der Waals surface area contributed by atoms with Crippen molar-refractivity contribution in [2.45, 2.75) is 38.2 Å². The van der Waals surface area contributed by atoms with Gasteiger partial charge in [0.05, 0.1) is 6.10 Å². The lowest BCUT2D eigenvalue weighted by Gasteiger charge is -2.34. The van der Waals surface area contributed by atoms with Gasteiger partial charge in [-0.25, -0.2) is 0 Å². The van der Waals surface area contributed by atoms with Gasteiger partial charge in [-0.3, -0.25) is 0 Å². The molecule has 3 atom stereocenters. The maximum Gasteiger partial charge on any atom is 0.156 e. The first-order valence-corrected chi connectivity index (χ1v) is 5.04. The smallest absolute Gasteiger partial charge is 0.156 e. The molecule has 4 nitrogen and oxygen atoms in total. The summed E-state index contributed by atoms with van der Waals surface area (Å²) in [6.07, 6.45) is 1.37. The lowest BCUT2D eigenvalue weighted by Crippen LogP contribution is -2.41. The quantitative estimate of drug-likeness (QED) is 0.642. The standard InChI is InChI=1S/C8H17NO2.C2H4.CH4O/c1-6-4-7(9(2)3)5-8(10)11-6;2*1-2/h6-8,10H,4-5H2,1-3H3;1-2H2;2H,1H3/t6-,7+,8-;;/m1../s1. The molecule has 15 heavy (non-hydrogen) atoms. The van der Waals surface area contributed by atoms with Gasteiger partial charge in [-0.05, 0) is 27.4 Å². The molecule has 0 saturated carbocycles. The molecule has 1 fully saturated rings. The van der Waals surface area contributed by atoms with Crippen molar-refractivity contribution >= 4 is 0 Å². The molecule has 4 heteroatoms. The van der Waals surface area contributed by atoms with E-state index in [0.717, 1.165) is 20.0 Å². The van der Waals surface area contributed by atoms with Crippen LogP contribution in [0.5, 0.6) is 0 Å². The second-order valence-electron chi connectivity index (χ2n) is 3.49. The number of hydrogen-bond donors (Lipinski definition) is 2. The maximum atomic E-state index is 9.25. The number of nitrogens with zero attached hydrogens (tertiary/aromatic N) is 1. The predicted molar refractivity (Wildman–Crippen MR) is 62.7 cm³/mol. The average molecular weight is 219 g/mol. The van der Waals surface area contributed by atoms with Gasteiger partial charge in [-0.1, -0.05) is 0 Å². The Kier molecular flexibility index (Phi) is 11.5. The number of hydrogen-bond acceptors (Lipinski definition) is 4. The Morgan fingerprint density at radius 2 is 1.67 bits per heavy atom. The Morgan fingerprint density at radius 1 is 1.20 bits per heavy atom. The fraction of sp³-hybridized carbons (Fsp3) is 0.818. The lowest BCUT2D eigenvalue weighted by molar-refractivity contribution is -0.172. The highest BCUT2D eigenvalue weighted by Gasteiger charge is 2.26. The van der Waals surface area contributed by atoms with E-state index in [1.807, 2.05) is 21.0 Å². The minimum atomic E-state index is -0.564. The number of aliphatic hydroxyl groups is 2. The highest BCUT2D eigenvalue weighted by molar-refractivity contribution is 4.75. The number of aliphatic hydroxyl groups excluding tert-OH is 2. The highest BCUT2D eigenvalue weighted by atomic mass is 16.6. The topological polar surface area (TPSA) is 52.9 Å². The largest absolute Gasteiger partial charge is 0.400 e. The van der Waals surface area contributed by atoms with Crippen LogP contribution in [0.1, 0.15) is 19.8 Å². The van der Waals surface area contributed by atoms with Gasteiger partial charge < -0.3 is 19.8 Å². The number of ether oxygens (including phenoxy) is 1. The Bertz CT molecular complexity index is 132. The zero-order valence-corrected chi connectivity index (χ0v) is 10.3. The van der Waals surface area contributed by atoms with Gasteiger partial charge in [0.15, 0.2) is 6.29 Å². The second-order valence-corrected chi connectivity index (χ2v) is 3.49. The zero-order chi connectivity index (χ0) is 12.4. The van der Waals surface area contributed by atoms with Gasteiger partial charge in [0.2, 0.25) is 0 Å². The monoisotopic (exact) mass is 219 g/mol. The summed E-state index contributed by atoms with van der Waals surface area (Å²) in [6, 6.07) is 0.466. The van der Waals surface area contributed by atoms with Crippen LogP contribution < -0.4 is 0 Å². The third-order valence-electron chi connectivity index (χ3n) is 2.20. The van der Waals surface area contributed by atoms with Crippen molar-refractivity contribution in [1.82, 2.24) is 4.90 Å². The molecule has 0 aliphatic carbocycles. The summed E-state index contributed by atoms with van der Waals surface area (Å²) in [5.41, 5.74) is 0. The third-order valence-corrected chi connectivity index (χ3v) is 2.20. The van der Waals surface area contributed by atoms with Gasteiger partial charge in [0.1, 0.15) is 0 Å². The summed E-state index contributed by atoms with van der Waals surface area (Å²) >= 11 is 0. The van der Waals surface area contributed by atoms with Crippen molar-refractivity contribution in [2.24, 2.45) is 0 Å². The first kappa shape index (κ1) is 17.0. The summed E-state index contributed by atoms with van der Waals surface area (Å²) in [7, 11) is 5.07. The van der Waals surface area contributed by atoms with E-state index in [1.165, 1.54) is 0 Å². The summed E-state index contributed by atoms with van der Waals surface area (Å²) in [6.45, 7) is 8.00. The summed E-state index contributed by atoms with van der Waals surface area (Å²) in [4.78, 5) is 2.14. The van der Waals surface area contributed by atoms with E-state index in [4.69, 9.17) is 9.84 Å². The van der Waals surface area contributed by atoms with Crippen molar-refractivity contribution in [2.75, 3.05) is 21.2 Å². The van der Waals surface area contributed by atoms with Crippen LogP contribution in [0.25, 0.3) is 0 Å². The van der Waals surface area contributed by atoms with Crippen LogP contribution in [0.4, 0.5) is 0 Å². The van der Waals surface area contributed by atoms with Gasteiger partial charge in [0, 0.05) is 19.6 Å². The third kappa shape index (κ3) is 7.50. The first-order chi connectivity index (χ1) is 7.09. The molecule has 1 heterocycles. The van der Waals surface area contributed by atoms with Crippen LogP contribution in [-0.4, -0.2) is 54.8 Å². The Morgan fingerprint density at radius 3 is 2.00 bits per heavy atom. The van der Waals surface area contributed by atoms with Crippen molar-refractivity contribution < 1.29 is 14.9 Å². The van der Waals surface area contributed by atoms with Crippen LogP contribution in [0.3, 0.4) is 0 Å². The van der Waals surface area contributed by atoms with Crippen molar-refractivity contribution in [3.05, 3.63) is 13.2 Å². The SMILES string of the molecule is C=C.CO.C[C@@H]1C[C@H](N(C)C)C[C@H](O)O1. The molecule has 1 aliphatic rings. The zero-order valence-electron chi connectivity index (χ0n) is 10.3. The molecule has 2 N–H and O–H groups in total. The first-order valence-electron chi connectivity index (χ1n) is 5.04. The second kappa shape index (κ2) is 10.1. The van der Waals surface area contributed by atoms with Crippen molar-refractivity contribution in [3.63, 3.8) is 0 Å². The summed E-state index contributed by atoms with van der Waals surface area (Å²) in [5, 5.41) is 16.2. The Balaban J connectivity index is 0. The van der Waals surface area contributed by atoms with E-state index in [9.17, 15) is 5.11 Å². The van der Waals surface area contributed by atoms with Crippen molar-refractivity contribution in [3.8, 4) is 0 Å².